The van der Waals surface area contributed by atoms with Crippen LogP contribution in [-0.4, -0.2) is 23.7 Å². The molecule has 0 radical (unpaired) electrons. The Bertz CT molecular complexity index is 504. The average Bonchev–Trinajstić information content (AvgIpc) is 2.69. The summed E-state index contributed by atoms with van der Waals surface area (Å²) in [6, 6.07) is 7.80. The number of thiophene rings is 1. The number of carbonyl (C=O) groups excluding carboxylic acids is 1. The highest BCUT2D eigenvalue weighted by molar-refractivity contribution is 7.17. The predicted molar refractivity (Wildman–Crippen MR) is 65.8 cm³/mol. The fraction of sp³-hybridized carbons (Fsp3) is 0.250. The number of hydrogen-bond acceptors (Lipinski definition) is 3. The fourth-order valence-electron chi connectivity index (χ4n) is 1.49. The SMILES string of the molecule is CC(O)CNC(=O)c1csc2ccccc12. The number of benzene rings is 1. The summed E-state index contributed by atoms with van der Waals surface area (Å²) in [6.07, 6.45) is -0.520. The van der Waals surface area contributed by atoms with Gasteiger partial charge in [-0.1, -0.05) is 18.2 Å². The van der Waals surface area contributed by atoms with Crippen molar-refractivity contribution in [1.29, 1.82) is 0 Å². The van der Waals surface area contributed by atoms with E-state index in [-0.39, 0.29) is 12.5 Å². The van der Waals surface area contributed by atoms with Crippen molar-refractivity contribution in [2.45, 2.75) is 13.0 Å². The van der Waals surface area contributed by atoms with Gasteiger partial charge in [-0.05, 0) is 13.0 Å². The molecule has 0 aliphatic heterocycles. The summed E-state index contributed by atoms with van der Waals surface area (Å²) in [6.45, 7) is 1.93. The van der Waals surface area contributed by atoms with Crippen molar-refractivity contribution >= 4 is 27.3 Å². The van der Waals surface area contributed by atoms with E-state index in [1.807, 2.05) is 29.6 Å². The first-order valence-corrected chi connectivity index (χ1v) is 5.99. The molecule has 0 aliphatic carbocycles. The van der Waals surface area contributed by atoms with Gasteiger partial charge in [-0.3, -0.25) is 4.79 Å². The van der Waals surface area contributed by atoms with Crippen molar-refractivity contribution in [3.8, 4) is 0 Å². The van der Waals surface area contributed by atoms with Crippen molar-refractivity contribution in [1.82, 2.24) is 5.32 Å². The number of hydrogen-bond donors (Lipinski definition) is 2. The zero-order chi connectivity index (χ0) is 11.5. The van der Waals surface area contributed by atoms with Gasteiger partial charge in [0.1, 0.15) is 0 Å². The van der Waals surface area contributed by atoms with Crippen LogP contribution in [0.1, 0.15) is 17.3 Å². The van der Waals surface area contributed by atoms with E-state index in [0.717, 1.165) is 10.1 Å². The zero-order valence-corrected chi connectivity index (χ0v) is 9.75. The number of aliphatic hydroxyl groups is 1. The lowest BCUT2D eigenvalue weighted by Crippen LogP contribution is -2.30. The van der Waals surface area contributed by atoms with Gasteiger partial charge in [-0.2, -0.15) is 0 Å². The molecule has 4 heteroatoms. The van der Waals surface area contributed by atoms with E-state index < -0.39 is 6.10 Å². The summed E-state index contributed by atoms with van der Waals surface area (Å²) in [4.78, 5) is 11.8. The van der Waals surface area contributed by atoms with E-state index in [1.165, 1.54) is 0 Å². The molecule has 0 aliphatic rings. The first-order valence-electron chi connectivity index (χ1n) is 5.11. The number of rotatable bonds is 3. The van der Waals surface area contributed by atoms with Gasteiger partial charge in [0.05, 0.1) is 11.7 Å². The van der Waals surface area contributed by atoms with E-state index in [2.05, 4.69) is 5.32 Å². The van der Waals surface area contributed by atoms with Crippen LogP contribution in [0.2, 0.25) is 0 Å². The molecule has 16 heavy (non-hydrogen) atoms. The van der Waals surface area contributed by atoms with Crippen molar-refractivity contribution in [3.63, 3.8) is 0 Å². The van der Waals surface area contributed by atoms with Gasteiger partial charge in [-0.25, -0.2) is 0 Å². The maximum Gasteiger partial charge on any atom is 0.252 e. The zero-order valence-electron chi connectivity index (χ0n) is 8.93. The van der Waals surface area contributed by atoms with Gasteiger partial charge in [0.2, 0.25) is 0 Å². The molecule has 1 aromatic carbocycles. The lowest BCUT2D eigenvalue weighted by atomic mass is 10.1. The van der Waals surface area contributed by atoms with Crippen LogP contribution in [0.15, 0.2) is 29.6 Å². The summed E-state index contributed by atoms with van der Waals surface area (Å²) in [5, 5.41) is 14.6. The highest BCUT2D eigenvalue weighted by Gasteiger charge is 2.11. The third kappa shape index (κ3) is 2.23. The number of nitrogens with one attached hydrogen (secondary N) is 1. The summed E-state index contributed by atoms with van der Waals surface area (Å²) >= 11 is 1.55. The minimum atomic E-state index is -0.520. The normalized spacial score (nSPS) is 12.6. The van der Waals surface area contributed by atoms with Crippen LogP contribution in [0.3, 0.4) is 0 Å². The summed E-state index contributed by atoms with van der Waals surface area (Å²) in [5.74, 6) is -0.127. The molecule has 0 bridgehead atoms. The van der Waals surface area contributed by atoms with Crippen molar-refractivity contribution in [2.24, 2.45) is 0 Å². The molecule has 0 saturated carbocycles. The van der Waals surface area contributed by atoms with E-state index in [9.17, 15) is 4.79 Å². The second-order valence-electron chi connectivity index (χ2n) is 3.70. The van der Waals surface area contributed by atoms with Crippen LogP contribution in [0, 0.1) is 0 Å². The number of amides is 1. The Morgan fingerprint density at radius 3 is 3.00 bits per heavy atom. The molecule has 2 aromatic rings. The van der Waals surface area contributed by atoms with Gasteiger partial charge in [0.25, 0.3) is 5.91 Å². The van der Waals surface area contributed by atoms with E-state index >= 15 is 0 Å². The molecule has 1 aromatic heterocycles. The molecule has 2 N–H and O–H groups in total. The van der Waals surface area contributed by atoms with Crippen LogP contribution in [0.5, 0.6) is 0 Å². The van der Waals surface area contributed by atoms with E-state index in [0.29, 0.717) is 5.56 Å². The standard InChI is InChI=1S/C12H13NO2S/c1-8(14)6-13-12(15)10-7-16-11-5-3-2-4-9(10)11/h2-5,7-8,14H,6H2,1H3,(H,13,15). The van der Waals surface area contributed by atoms with Crippen LogP contribution in [-0.2, 0) is 0 Å². The average molecular weight is 235 g/mol. The summed E-state index contributed by atoms with van der Waals surface area (Å²) in [5.41, 5.74) is 0.682. The molecular formula is C12H13NO2S. The summed E-state index contributed by atoms with van der Waals surface area (Å²) < 4.78 is 1.10. The highest BCUT2D eigenvalue weighted by Crippen LogP contribution is 2.25. The van der Waals surface area contributed by atoms with Crippen LogP contribution >= 0.6 is 11.3 Å². The highest BCUT2D eigenvalue weighted by atomic mass is 32.1. The van der Waals surface area contributed by atoms with Crippen molar-refractivity contribution in [3.05, 3.63) is 35.2 Å². The lowest BCUT2D eigenvalue weighted by molar-refractivity contribution is 0.0926. The fourth-order valence-corrected chi connectivity index (χ4v) is 2.43. The molecule has 3 nitrogen and oxygen atoms in total. The quantitative estimate of drug-likeness (QED) is 0.855. The minimum absolute atomic E-state index is 0.127. The van der Waals surface area contributed by atoms with Crippen LogP contribution in [0.4, 0.5) is 0 Å². The van der Waals surface area contributed by atoms with Gasteiger partial charge >= 0.3 is 0 Å². The lowest BCUT2D eigenvalue weighted by Gasteiger charge is -2.06. The maximum atomic E-state index is 11.8. The third-order valence-corrected chi connectivity index (χ3v) is 3.25. The monoisotopic (exact) mass is 235 g/mol. The molecule has 0 spiro atoms. The molecular weight excluding hydrogens is 222 g/mol. The molecule has 1 amide bonds. The van der Waals surface area contributed by atoms with Crippen LogP contribution < -0.4 is 5.32 Å². The molecule has 0 saturated heterocycles. The Kier molecular flexibility index (Phi) is 3.22. The molecule has 1 heterocycles. The topological polar surface area (TPSA) is 49.3 Å². The largest absolute Gasteiger partial charge is 0.392 e. The Morgan fingerprint density at radius 2 is 2.25 bits per heavy atom. The van der Waals surface area contributed by atoms with Crippen molar-refractivity contribution in [2.75, 3.05) is 6.54 Å². The number of carbonyl (C=O) groups is 1. The first kappa shape index (κ1) is 11.1. The predicted octanol–water partition coefficient (Wildman–Crippen LogP) is 2.01. The molecule has 2 rings (SSSR count). The van der Waals surface area contributed by atoms with Gasteiger partial charge in [0, 0.05) is 22.0 Å². The van der Waals surface area contributed by atoms with Crippen LogP contribution in [0.25, 0.3) is 10.1 Å². The van der Waals surface area contributed by atoms with Gasteiger partial charge in [0.15, 0.2) is 0 Å². The molecule has 84 valence electrons. The van der Waals surface area contributed by atoms with Gasteiger partial charge in [-0.15, -0.1) is 11.3 Å². The van der Waals surface area contributed by atoms with E-state index in [1.54, 1.807) is 18.3 Å². The molecule has 0 fully saturated rings. The number of fused-ring (bicyclic) bond motifs is 1. The Balaban J connectivity index is 2.23. The van der Waals surface area contributed by atoms with Crippen molar-refractivity contribution < 1.29 is 9.90 Å². The van der Waals surface area contributed by atoms with E-state index in [4.69, 9.17) is 5.11 Å². The van der Waals surface area contributed by atoms with Gasteiger partial charge < -0.3 is 10.4 Å². The minimum Gasteiger partial charge on any atom is -0.392 e. The maximum absolute atomic E-state index is 11.8. The first-order chi connectivity index (χ1) is 7.68. The third-order valence-electron chi connectivity index (χ3n) is 2.28. The molecule has 1 atom stereocenters. The second-order valence-corrected chi connectivity index (χ2v) is 4.62. The Labute approximate surface area is 97.7 Å². The Hall–Kier alpha value is -1.39. The second kappa shape index (κ2) is 4.63. The molecule has 1 unspecified atom stereocenters. The number of aliphatic hydroxyl groups excluding tert-OH is 1. The smallest absolute Gasteiger partial charge is 0.252 e. The summed E-state index contributed by atoms with van der Waals surface area (Å²) in [7, 11) is 0. The Morgan fingerprint density at radius 1 is 1.50 bits per heavy atom.